The van der Waals surface area contributed by atoms with Crippen molar-refractivity contribution in [3.05, 3.63) is 70.0 Å². The molecule has 5 nitrogen and oxygen atoms in total. The highest BCUT2D eigenvalue weighted by Gasteiger charge is 2.26. The summed E-state index contributed by atoms with van der Waals surface area (Å²) in [6.45, 7) is 10.9. The van der Waals surface area contributed by atoms with E-state index in [1.165, 1.54) is 22.3 Å². The van der Waals surface area contributed by atoms with Gasteiger partial charge in [0, 0.05) is 11.6 Å². The summed E-state index contributed by atoms with van der Waals surface area (Å²) in [6, 6.07) is 15.4. The molecule has 1 aliphatic heterocycles. The first-order valence-corrected chi connectivity index (χ1v) is 11.8. The van der Waals surface area contributed by atoms with Crippen LogP contribution in [0.15, 0.2) is 36.4 Å². The van der Waals surface area contributed by atoms with Gasteiger partial charge >= 0.3 is 0 Å². The first kappa shape index (κ1) is 22.2. The molecule has 1 N–H and O–H groups in total. The molecule has 1 unspecified atom stereocenters. The number of nitrogens with zero attached hydrogens (tertiary/aromatic N) is 4. The van der Waals surface area contributed by atoms with E-state index in [9.17, 15) is 0 Å². The first-order valence-electron chi connectivity index (χ1n) is 11.8. The average Bonchev–Trinajstić information content (AvgIpc) is 3.28. The number of aryl methyl sites for hydroxylation is 3. The SMILES string of the molecule is CCc1cc(CC)c(C(C)N2CCC(c3ccc(C#N)cc3)CC2)cc1-c1n[nH]c(C)n1. The quantitative estimate of drug-likeness (QED) is 0.546. The number of nitriles is 1. The van der Waals surface area contributed by atoms with Gasteiger partial charge in [0.05, 0.1) is 11.6 Å². The molecule has 0 aliphatic carbocycles. The molecule has 2 heterocycles. The van der Waals surface area contributed by atoms with Crippen molar-refractivity contribution in [1.29, 1.82) is 5.26 Å². The lowest BCUT2D eigenvalue weighted by molar-refractivity contribution is 0.162. The van der Waals surface area contributed by atoms with Crippen LogP contribution in [0.1, 0.15) is 79.2 Å². The molecule has 0 bridgehead atoms. The van der Waals surface area contributed by atoms with Crippen LogP contribution in [0.3, 0.4) is 0 Å². The van der Waals surface area contributed by atoms with Crippen molar-refractivity contribution in [2.24, 2.45) is 0 Å². The molecule has 1 aliphatic rings. The highest BCUT2D eigenvalue weighted by Crippen LogP contribution is 2.36. The summed E-state index contributed by atoms with van der Waals surface area (Å²) in [6.07, 6.45) is 4.30. The number of rotatable bonds is 6. The highest BCUT2D eigenvalue weighted by atomic mass is 15.2. The van der Waals surface area contributed by atoms with E-state index >= 15 is 0 Å². The van der Waals surface area contributed by atoms with Crippen molar-refractivity contribution in [1.82, 2.24) is 20.1 Å². The van der Waals surface area contributed by atoms with Crippen molar-refractivity contribution in [2.45, 2.75) is 65.3 Å². The van der Waals surface area contributed by atoms with Crippen molar-refractivity contribution >= 4 is 0 Å². The minimum atomic E-state index is 0.358. The Bertz CT molecular complexity index is 1100. The number of hydrogen-bond acceptors (Lipinski definition) is 4. The molecule has 1 fully saturated rings. The van der Waals surface area contributed by atoms with Crippen LogP contribution in [0.2, 0.25) is 0 Å². The maximum Gasteiger partial charge on any atom is 0.181 e. The zero-order valence-corrected chi connectivity index (χ0v) is 19.7. The molecule has 32 heavy (non-hydrogen) atoms. The van der Waals surface area contributed by atoms with Crippen LogP contribution < -0.4 is 0 Å². The predicted octanol–water partition coefficient (Wildman–Crippen LogP) is 5.72. The van der Waals surface area contributed by atoms with Gasteiger partial charge < -0.3 is 0 Å². The van der Waals surface area contributed by atoms with E-state index in [0.29, 0.717) is 12.0 Å². The van der Waals surface area contributed by atoms with Gasteiger partial charge in [-0.1, -0.05) is 32.0 Å². The van der Waals surface area contributed by atoms with Crippen molar-refractivity contribution in [3.8, 4) is 17.5 Å². The van der Waals surface area contributed by atoms with Gasteiger partial charge in [0.2, 0.25) is 0 Å². The summed E-state index contributed by atoms with van der Waals surface area (Å²) in [4.78, 5) is 7.23. The molecule has 0 spiro atoms. The second kappa shape index (κ2) is 9.67. The zero-order chi connectivity index (χ0) is 22.7. The average molecular weight is 428 g/mol. The molecule has 166 valence electrons. The lowest BCUT2D eigenvalue weighted by Crippen LogP contribution is -2.35. The van der Waals surface area contributed by atoms with Crippen LogP contribution in [0.25, 0.3) is 11.4 Å². The number of nitrogens with one attached hydrogen (secondary N) is 1. The smallest absolute Gasteiger partial charge is 0.181 e. The monoisotopic (exact) mass is 427 g/mol. The molecule has 2 aromatic carbocycles. The van der Waals surface area contributed by atoms with E-state index in [1.54, 1.807) is 0 Å². The van der Waals surface area contributed by atoms with Crippen LogP contribution >= 0.6 is 0 Å². The molecular formula is C27H33N5. The van der Waals surface area contributed by atoms with Gasteiger partial charge in [0.25, 0.3) is 0 Å². The summed E-state index contributed by atoms with van der Waals surface area (Å²) < 4.78 is 0. The van der Waals surface area contributed by atoms with Crippen LogP contribution in [-0.4, -0.2) is 33.2 Å². The summed E-state index contributed by atoms with van der Waals surface area (Å²) in [5.41, 5.74) is 7.40. The van der Waals surface area contributed by atoms with Crippen LogP contribution in [0.5, 0.6) is 0 Å². The molecule has 1 aromatic heterocycles. The Labute approximate surface area is 191 Å². The first-order chi connectivity index (χ1) is 15.5. The number of aromatic amines is 1. The highest BCUT2D eigenvalue weighted by molar-refractivity contribution is 5.63. The third-order valence-electron chi connectivity index (χ3n) is 7.00. The second-order valence-corrected chi connectivity index (χ2v) is 8.88. The molecule has 4 rings (SSSR count). The van der Waals surface area contributed by atoms with E-state index in [2.05, 4.69) is 71.2 Å². The molecule has 0 amide bonds. The molecule has 1 saturated heterocycles. The normalized spacial score (nSPS) is 16.1. The van der Waals surface area contributed by atoms with Crippen LogP contribution in [0, 0.1) is 18.3 Å². The fourth-order valence-corrected chi connectivity index (χ4v) is 5.02. The van der Waals surface area contributed by atoms with E-state index in [4.69, 9.17) is 5.26 Å². The second-order valence-electron chi connectivity index (χ2n) is 8.88. The Hall–Kier alpha value is -2.97. The number of H-pyrrole nitrogens is 1. The lowest BCUT2D eigenvalue weighted by Gasteiger charge is -2.37. The van der Waals surface area contributed by atoms with E-state index in [1.807, 2.05) is 19.1 Å². The summed E-state index contributed by atoms with van der Waals surface area (Å²) >= 11 is 0. The summed E-state index contributed by atoms with van der Waals surface area (Å²) in [5, 5.41) is 16.5. The zero-order valence-electron chi connectivity index (χ0n) is 19.7. The summed E-state index contributed by atoms with van der Waals surface area (Å²) in [7, 11) is 0. The number of hydrogen-bond donors (Lipinski definition) is 1. The number of benzene rings is 2. The van der Waals surface area contributed by atoms with E-state index in [-0.39, 0.29) is 0 Å². The van der Waals surface area contributed by atoms with Gasteiger partial charge in [-0.05, 0) is 99.0 Å². The van der Waals surface area contributed by atoms with Gasteiger partial charge in [-0.25, -0.2) is 4.98 Å². The molecule has 0 radical (unpaired) electrons. The van der Waals surface area contributed by atoms with Crippen molar-refractivity contribution < 1.29 is 0 Å². The molecule has 3 aromatic rings. The van der Waals surface area contributed by atoms with Gasteiger partial charge in [0.15, 0.2) is 5.82 Å². The van der Waals surface area contributed by atoms with Crippen LogP contribution in [-0.2, 0) is 12.8 Å². The Morgan fingerprint density at radius 1 is 1.09 bits per heavy atom. The Kier molecular flexibility index (Phi) is 6.72. The Morgan fingerprint density at radius 3 is 2.34 bits per heavy atom. The Balaban J connectivity index is 1.55. The van der Waals surface area contributed by atoms with Gasteiger partial charge in [-0.3, -0.25) is 10.00 Å². The fraction of sp³-hybridized carbons (Fsp3) is 0.444. The topological polar surface area (TPSA) is 68.6 Å². The van der Waals surface area contributed by atoms with Crippen LogP contribution in [0.4, 0.5) is 0 Å². The molecular weight excluding hydrogens is 394 g/mol. The lowest BCUT2D eigenvalue weighted by atomic mass is 9.86. The van der Waals surface area contributed by atoms with Gasteiger partial charge in [-0.2, -0.15) is 10.4 Å². The third kappa shape index (κ3) is 4.47. The van der Waals surface area contributed by atoms with E-state index in [0.717, 1.165) is 61.5 Å². The van der Waals surface area contributed by atoms with Crippen molar-refractivity contribution in [2.75, 3.05) is 13.1 Å². The standard InChI is InChI=1S/C27H33N5/c1-5-21-15-22(6-2)26(27-29-19(4)30-31-27)16-25(21)18(3)32-13-11-24(12-14-32)23-9-7-20(17-28)8-10-23/h7-10,15-16,18,24H,5-6,11-14H2,1-4H3,(H,29,30,31). The number of aromatic nitrogens is 3. The molecule has 1 atom stereocenters. The van der Waals surface area contributed by atoms with Crippen molar-refractivity contribution in [3.63, 3.8) is 0 Å². The van der Waals surface area contributed by atoms with Gasteiger partial charge in [0.1, 0.15) is 5.82 Å². The predicted molar refractivity (Wildman–Crippen MR) is 128 cm³/mol. The maximum atomic E-state index is 9.05. The molecule has 0 saturated carbocycles. The van der Waals surface area contributed by atoms with E-state index < -0.39 is 0 Å². The third-order valence-corrected chi connectivity index (χ3v) is 7.00. The minimum absolute atomic E-state index is 0.358. The number of piperidine rings is 1. The van der Waals surface area contributed by atoms with Gasteiger partial charge in [-0.15, -0.1) is 0 Å². The maximum absolute atomic E-state index is 9.05. The molecule has 5 heteroatoms. The summed E-state index contributed by atoms with van der Waals surface area (Å²) in [5.74, 6) is 2.22. The fourth-order valence-electron chi connectivity index (χ4n) is 5.02. The Morgan fingerprint density at radius 2 is 1.78 bits per heavy atom. The largest absolute Gasteiger partial charge is 0.297 e. The minimum Gasteiger partial charge on any atom is -0.297 e. The number of likely N-dealkylation sites (tertiary alicyclic amines) is 1.